The van der Waals surface area contributed by atoms with Gasteiger partial charge in [-0.25, -0.2) is 5.43 Å². The molecule has 3 rings (SSSR count). The number of carbonyl (C=O) groups excluding carboxylic acids is 1. The van der Waals surface area contributed by atoms with E-state index in [4.69, 9.17) is 0 Å². The fraction of sp³-hybridized carbons (Fsp3) is 0.238. The molecule has 0 atom stereocenters. The minimum absolute atomic E-state index is 0.126. The molecule has 0 radical (unpaired) electrons. The highest BCUT2D eigenvalue weighted by Crippen LogP contribution is 2.24. The van der Waals surface area contributed by atoms with Crippen LogP contribution < -0.4 is 5.43 Å². The van der Waals surface area contributed by atoms with Gasteiger partial charge in [-0.1, -0.05) is 53.2 Å². The van der Waals surface area contributed by atoms with E-state index in [1.165, 1.54) is 11.2 Å². The van der Waals surface area contributed by atoms with Crippen molar-refractivity contribution < 1.29 is 4.79 Å². The van der Waals surface area contributed by atoms with Gasteiger partial charge in [0.25, 0.3) is 0 Å². The van der Waals surface area contributed by atoms with Crippen LogP contribution in [0.2, 0.25) is 0 Å². The van der Waals surface area contributed by atoms with Crippen LogP contribution in [-0.2, 0) is 17.8 Å². The molecule has 2 aromatic carbocycles. The van der Waals surface area contributed by atoms with Gasteiger partial charge in [0, 0.05) is 33.2 Å². The van der Waals surface area contributed by atoms with Gasteiger partial charge in [-0.15, -0.1) is 0 Å². The molecule has 1 heterocycles. The Balaban J connectivity index is 1.75. The van der Waals surface area contributed by atoms with Crippen molar-refractivity contribution in [2.75, 3.05) is 0 Å². The van der Waals surface area contributed by atoms with Crippen LogP contribution in [0.3, 0.4) is 0 Å². The molecule has 5 heteroatoms. The number of nitrogens with zero attached hydrogens (tertiary/aromatic N) is 2. The number of aryl methyl sites for hydroxylation is 1. The second kappa shape index (κ2) is 8.32. The number of hydrazone groups is 1. The zero-order valence-corrected chi connectivity index (χ0v) is 16.6. The van der Waals surface area contributed by atoms with Gasteiger partial charge in [0.15, 0.2) is 0 Å². The molecule has 0 unspecified atom stereocenters. The monoisotopic (exact) mass is 411 g/mol. The fourth-order valence-corrected chi connectivity index (χ4v) is 3.39. The Morgan fingerprint density at radius 3 is 2.65 bits per heavy atom. The van der Waals surface area contributed by atoms with Gasteiger partial charge in [-0.3, -0.25) is 4.79 Å². The summed E-state index contributed by atoms with van der Waals surface area (Å²) in [6.07, 6.45) is 3.13. The first-order valence-electron chi connectivity index (χ1n) is 8.74. The van der Waals surface area contributed by atoms with Crippen LogP contribution in [0.4, 0.5) is 0 Å². The number of hydrogen-bond acceptors (Lipinski definition) is 2. The summed E-state index contributed by atoms with van der Waals surface area (Å²) in [7, 11) is 0. The number of rotatable bonds is 6. The Bertz CT molecular complexity index is 942. The van der Waals surface area contributed by atoms with Crippen LogP contribution in [-0.4, -0.2) is 16.7 Å². The van der Waals surface area contributed by atoms with Crippen molar-refractivity contribution in [1.29, 1.82) is 0 Å². The first-order valence-corrected chi connectivity index (χ1v) is 9.53. The van der Waals surface area contributed by atoms with Crippen molar-refractivity contribution in [3.63, 3.8) is 0 Å². The Kier molecular flexibility index (Phi) is 5.89. The molecule has 3 aromatic rings. The molecule has 0 aliphatic carbocycles. The van der Waals surface area contributed by atoms with E-state index in [2.05, 4.69) is 63.1 Å². The highest BCUT2D eigenvalue weighted by atomic mass is 79.9. The van der Waals surface area contributed by atoms with E-state index in [1.807, 2.05) is 30.3 Å². The van der Waals surface area contributed by atoms with Gasteiger partial charge in [0.2, 0.25) is 5.91 Å². The van der Waals surface area contributed by atoms with Crippen LogP contribution in [0.1, 0.15) is 30.2 Å². The summed E-state index contributed by atoms with van der Waals surface area (Å²) in [5.41, 5.74) is 7.01. The van der Waals surface area contributed by atoms with Crippen LogP contribution in [0.25, 0.3) is 10.9 Å². The molecule has 0 saturated carbocycles. The largest absolute Gasteiger partial charge is 0.344 e. The van der Waals surface area contributed by atoms with Gasteiger partial charge in [-0.05, 0) is 37.1 Å². The minimum Gasteiger partial charge on any atom is -0.344 e. The molecule has 1 amide bonds. The molecule has 0 fully saturated rings. The highest BCUT2D eigenvalue weighted by molar-refractivity contribution is 9.10. The predicted molar refractivity (Wildman–Crippen MR) is 111 cm³/mol. The van der Waals surface area contributed by atoms with E-state index in [1.54, 1.807) is 6.21 Å². The SMILES string of the molecule is CCCn1c(C)c(/C=N\NC(=O)Cc2ccc(Br)cc2)c2ccccc21. The first kappa shape index (κ1) is 18.4. The van der Waals surface area contributed by atoms with E-state index < -0.39 is 0 Å². The van der Waals surface area contributed by atoms with Crippen molar-refractivity contribution in [3.05, 3.63) is 69.8 Å². The summed E-state index contributed by atoms with van der Waals surface area (Å²) >= 11 is 3.39. The number of hydrogen-bond donors (Lipinski definition) is 1. The molecule has 0 saturated heterocycles. The normalized spacial score (nSPS) is 11.3. The average molecular weight is 412 g/mol. The number of aromatic nitrogens is 1. The molecular weight excluding hydrogens is 390 g/mol. The summed E-state index contributed by atoms with van der Waals surface area (Å²) in [6, 6.07) is 16.0. The molecule has 0 aliphatic rings. The Hall–Kier alpha value is -2.40. The maximum absolute atomic E-state index is 12.1. The standard InChI is InChI=1S/C21H22BrN3O/c1-3-12-25-15(2)19(18-6-4-5-7-20(18)25)14-23-24-21(26)13-16-8-10-17(22)11-9-16/h4-11,14H,3,12-13H2,1-2H3,(H,24,26)/b23-14-. The van der Waals surface area contributed by atoms with E-state index >= 15 is 0 Å². The van der Waals surface area contributed by atoms with Crippen LogP contribution in [0.15, 0.2) is 58.1 Å². The maximum Gasteiger partial charge on any atom is 0.244 e. The quantitative estimate of drug-likeness (QED) is 0.458. The third-order valence-electron chi connectivity index (χ3n) is 4.39. The number of carbonyl (C=O) groups is 1. The van der Waals surface area contributed by atoms with E-state index in [0.29, 0.717) is 6.42 Å². The van der Waals surface area contributed by atoms with Crippen molar-refractivity contribution in [2.24, 2.45) is 5.10 Å². The molecule has 0 bridgehead atoms. The van der Waals surface area contributed by atoms with Crippen molar-refractivity contribution in [2.45, 2.75) is 33.2 Å². The summed E-state index contributed by atoms with van der Waals surface area (Å²) < 4.78 is 3.30. The van der Waals surface area contributed by atoms with Crippen molar-refractivity contribution in [3.8, 4) is 0 Å². The topological polar surface area (TPSA) is 46.4 Å². The lowest BCUT2D eigenvalue weighted by molar-refractivity contribution is -0.120. The van der Waals surface area contributed by atoms with Crippen molar-refractivity contribution in [1.82, 2.24) is 9.99 Å². The summed E-state index contributed by atoms with van der Waals surface area (Å²) in [5.74, 6) is -0.126. The van der Waals surface area contributed by atoms with Gasteiger partial charge >= 0.3 is 0 Å². The third-order valence-corrected chi connectivity index (χ3v) is 4.92. The molecule has 4 nitrogen and oxygen atoms in total. The summed E-state index contributed by atoms with van der Waals surface area (Å²) in [6.45, 7) is 5.24. The smallest absolute Gasteiger partial charge is 0.244 e. The number of benzene rings is 2. The van der Waals surface area contributed by atoms with Gasteiger partial charge in [0.1, 0.15) is 0 Å². The Labute approximate surface area is 162 Å². The lowest BCUT2D eigenvalue weighted by atomic mass is 10.1. The third kappa shape index (κ3) is 4.05. The summed E-state index contributed by atoms with van der Waals surface area (Å²) in [4.78, 5) is 12.1. The molecule has 1 N–H and O–H groups in total. The van der Waals surface area contributed by atoms with E-state index in [9.17, 15) is 4.79 Å². The molecule has 134 valence electrons. The maximum atomic E-state index is 12.1. The summed E-state index contributed by atoms with van der Waals surface area (Å²) in [5, 5.41) is 5.35. The fourth-order valence-electron chi connectivity index (χ4n) is 3.13. The zero-order chi connectivity index (χ0) is 18.5. The second-order valence-electron chi connectivity index (χ2n) is 6.26. The number of nitrogens with one attached hydrogen (secondary N) is 1. The number of halogens is 1. The van der Waals surface area contributed by atoms with Gasteiger partial charge in [0.05, 0.1) is 12.6 Å². The molecule has 0 spiro atoms. The average Bonchev–Trinajstić information content (AvgIpc) is 2.90. The van der Waals surface area contributed by atoms with Crippen LogP contribution in [0, 0.1) is 6.92 Å². The van der Waals surface area contributed by atoms with E-state index in [-0.39, 0.29) is 5.91 Å². The molecule has 26 heavy (non-hydrogen) atoms. The Morgan fingerprint density at radius 2 is 1.92 bits per heavy atom. The molecule has 1 aromatic heterocycles. The first-order chi connectivity index (χ1) is 12.6. The Morgan fingerprint density at radius 1 is 1.19 bits per heavy atom. The van der Waals surface area contributed by atoms with Crippen molar-refractivity contribution >= 4 is 39.0 Å². The lowest BCUT2D eigenvalue weighted by Crippen LogP contribution is -2.19. The molecule has 0 aliphatic heterocycles. The zero-order valence-electron chi connectivity index (χ0n) is 15.0. The second-order valence-corrected chi connectivity index (χ2v) is 7.18. The molecular formula is C21H22BrN3O. The lowest BCUT2D eigenvalue weighted by Gasteiger charge is -2.05. The highest BCUT2D eigenvalue weighted by Gasteiger charge is 2.11. The van der Waals surface area contributed by atoms with Crippen LogP contribution in [0.5, 0.6) is 0 Å². The predicted octanol–water partition coefficient (Wildman–Crippen LogP) is 4.82. The number of amides is 1. The van der Waals surface area contributed by atoms with E-state index in [0.717, 1.165) is 34.0 Å². The van der Waals surface area contributed by atoms with Crippen LogP contribution >= 0.6 is 15.9 Å². The van der Waals surface area contributed by atoms with Gasteiger partial charge in [-0.2, -0.15) is 5.10 Å². The minimum atomic E-state index is -0.126. The number of fused-ring (bicyclic) bond motifs is 1. The van der Waals surface area contributed by atoms with Gasteiger partial charge < -0.3 is 4.57 Å². The number of para-hydroxylation sites is 1.